The maximum Gasteiger partial charge on any atom is 0.263 e. The summed E-state index contributed by atoms with van der Waals surface area (Å²) in [5.41, 5.74) is 1.77. The van der Waals surface area contributed by atoms with Gasteiger partial charge in [-0.05, 0) is 66.6 Å². The highest BCUT2D eigenvalue weighted by Gasteiger charge is 2.19. The normalized spacial score (nSPS) is 11.5. The van der Waals surface area contributed by atoms with Crippen molar-refractivity contribution >= 4 is 38.3 Å². The summed E-state index contributed by atoms with van der Waals surface area (Å²) in [4.78, 5) is 20.6. The highest BCUT2D eigenvalue weighted by molar-refractivity contribution is 7.92. The topological polar surface area (TPSA) is 103 Å². The van der Waals surface area contributed by atoms with E-state index in [0.29, 0.717) is 21.5 Å². The van der Waals surface area contributed by atoms with Gasteiger partial charge in [-0.1, -0.05) is 17.7 Å². The van der Waals surface area contributed by atoms with Gasteiger partial charge < -0.3 is 4.74 Å². The number of aryl methyl sites for hydroxylation is 1. The van der Waals surface area contributed by atoms with Gasteiger partial charge in [-0.3, -0.25) is 14.1 Å². The molecule has 0 fully saturated rings. The first-order valence-corrected chi connectivity index (χ1v) is 13.1. The number of nitrogens with zero attached hydrogens (tertiary/aromatic N) is 3. The predicted octanol–water partition coefficient (Wildman–Crippen LogP) is 5.36. The van der Waals surface area contributed by atoms with E-state index in [2.05, 4.69) is 14.7 Å². The number of pyridine rings is 1. The van der Waals surface area contributed by atoms with Crippen molar-refractivity contribution in [3.63, 3.8) is 0 Å². The van der Waals surface area contributed by atoms with Crippen LogP contribution in [0.4, 0.5) is 10.2 Å². The van der Waals surface area contributed by atoms with Gasteiger partial charge in [0.1, 0.15) is 23.7 Å². The Morgan fingerprint density at radius 1 is 1.03 bits per heavy atom. The van der Waals surface area contributed by atoms with Gasteiger partial charge in [0.15, 0.2) is 0 Å². The van der Waals surface area contributed by atoms with Crippen LogP contribution < -0.4 is 15.0 Å². The molecule has 0 atom stereocenters. The molecule has 2 aromatic heterocycles. The Morgan fingerprint density at radius 3 is 2.55 bits per heavy atom. The lowest BCUT2D eigenvalue weighted by Crippen LogP contribution is -2.19. The molecule has 8 nitrogen and oxygen atoms in total. The molecule has 192 valence electrons. The number of methoxy groups -OCH3 is 1. The molecule has 5 rings (SSSR count). The minimum absolute atomic E-state index is 0.0413. The Labute approximate surface area is 222 Å². The first-order chi connectivity index (χ1) is 18.2. The van der Waals surface area contributed by atoms with Crippen LogP contribution in [0.5, 0.6) is 5.75 Å². The molecular formula is C27H20ClFN4O4S. The summed E-state index contributed by atoms with van der Waals surface area (Å²) in [7, 11) is -2.55. The summed E-state index contributed by atoms with van der Waals surface area (Å²) in [5, 5.41) is 1.00. The number of anilines is 1. The second-order valence-electron chi connectivity index (χ2n) is 8.40. The van der Waals surface area contributed by atoms with Crippen LogP contribution in [0.2, 0.25) is 5.02 Å². The van der Waals surface area contributed by atoms with Crippen LogP contribution >= 0.6 is 11.6 Å². The Morgan fingerprint density at radius 2 is 1.84 bits per heavy atom. The number of rotatable bonds is 6. The zero-order chi connectivity index (χ0) is 27.0. The van der Waals surface area contributed by atoms with E-state index in [1.54, 1.807) is 18.2 Å². The fraction of sp³-hybridized carbons (Fsp3) is 0.0741. The number of sulfonamides is 1. The molecule has 0 saturated heterocycles. The lowest BCUT2D eigenvalue weighted by atomic mass is 10.0. The highest BCUT2D eigenvalue weighted by atomic mass is 35.5. The molecule has 1 N–H and O–H groups in total. The minimum Gasteiger partial charge on any atom is -0.495 e. The first kappa shape index (κ1) is 25.4. The van der Waals surface area contributed by atoms with E-state index in [1.807, 2.05) is 6.92 Å². The number of ether oxygens (including phenoxy) is 1. The van der Waals surface area contributed by atoms with Gasteiger partial charge in [0.05, 0.1) is 23.2 Å². The standard InChI is InChI=1S/C27H20ClFN4O4S/c1-16-11-17(3-6-21(16)28)20-13-25(37-2)24(14-22(20)29)33-23-7-5-19(12-18(23)4-8-27(33)34)38(35,36)32-26-9-10-30-15-31-26/h3-15H,1-2H3,(H,30,31,32). The fourth-order valence-electron chi connectivity index (χ4n) is 4.10. The number of aromatic nitrogens is 3. The summed E-state index contributed by atoms with van der Waals surface area (Å²) in [5.74, 6) is -0.202. The van der Waals surface area contributed by atoms with Crippen molar-refractivity contribution < 1.29 is 17.5 Å². The Hall–Kier alpha value is -4.28. The van der Waals surface area contributed by atoms with Crippen molar-refractivity contribution in [3.8, 4) is 22.6 Å². The highest BCUT2D eigenvalue weighted by Crippen LogP contribution is 2.35. The smallest absolute Gasteiger partial charge is 0.263 e. The van der Waals surface area contributed by atoms with Crippen molar-refractivity contribution in [1.29, 1.82) is 0 Å². The van der Waals surface area contributed by atoms with E-state index in [4.69, 9.17) is 16.3 Å². The van der Waals surface area contributed by atoms with E-state index >= 15 is 4.39 Å². The molecule has 0 aliphatic carbocycles. The summed E-state index contributed by atoms with van der Waals surface area (Å²) < 4.78 is 50.5. The lowest BCUT2D eigenvalue weighted by Gasteiger charge is -2.17. The monoisotopic (exact) mass is 550 g/mol. The summed E-state index contributed by atoms with van der Waals surface area (Å²) in [6.07, 6.45) is 2.64. The van der Waals surface area contributed by atoms with Crippen LogP contribution in [0.15, 0.2) is 88.9 Å². The van der Waals surface area contributed by atoms with Crippen molar-refractivity contribution in [1.82, 2.24) is 14.5 Å². The number of hydrogen-bond donors (Lipinski definition) is 1. The van der Waals surface area contributed by atoms with Crippen LogP contribution in [0.25, 0.3) is 27.7 Å². The SMILES string of the molecule is COc1cc(-c2ccc(Cl)c(C)c2)c(F)cc1-n1c(=O)ccc2cc(S(=O)(=O)Nc3ccncn3)ccc21. The van der Waals surface area contributed by atoms with Crippen molar-refractivity contribution in [2.24, 2.45) is 0 Å². The molecular weight excluding hydrogens is 531 g/mol. The molecule has 0 spiro atoms. The molecule has 0 aliphatic heterocycles. The van der Waals surface area contributed by atoms with Gasteiger partial charge in [-0.15, -0.1) is 0 Å². The first-order valence-electron chi connectivity index (χ1n) is 11.3. The zero-order valence-corrected chi connectivity index (χ0v) is 21.7. The van der Waals surface area contributed by atoms with Gasteiger partial charge in [0, 0.05) is 34.3 Å². The third-order valence-electron chi connectivity index (χ3n) is 5.98. The number of benzene rings is 3. The van der Waals surface area contributed by atoms with Crippen LogP contribution in [0.1, 0.15) is 5.56 Å². The molecule has 3 aromatic carbocycles. The van der Waals surface area contributed by atoms with E-state index < -0.39 is 21.4 Å². The Kier molecular flexibility index (Phi) is 6.60. The fourth-order valence-corrected chi connectivity index (χ4v) is 5.26. The Balaban J connectivity index is 1.63. The van der Waals surface area contributed by atoms with Gasteiger partial charge in [-0.2, -0.15) is 0 Å². The average molecular weight is 551 g/mol. The molecule has 2 heterocycles. The molecule has 0 amide bonds. The molecule has 0 bridgehead atoms. The Bertz CT molecular complexity index is 1860. The summed E-state index contributed by atoms with van der Waals surface area (Å²) in [6, 6.07) is 16.4. The third kappa shape index (κ3) is 4.71. The van der Waals surface area contributed by atoms with Gasteiger partial charge >= 0.3 is 0 Å². The van der Waals surface area contributed by atoms with Crippen molar-refractivity contribution in [2.75, 3.05) is 11.8 Å². The quantitative estimate of drug-likeness (QED) is 0.305. The zero-order valence-electron chi connectivity index (χ0n) is 20.1. The number of nitrogens with one attached hydrogen (secondary N) is 1. The predicted molar refractivity (Wildman–Crippen MR) is 144 cm³/mol. The molecule has 0 unspecified atom stereocenters. The van der Waals surface area contributed by atoms with Crippen LogP contribution in [0.3, 0.4) is 0 Å². The number of hydrogen-bond acceptors (Lipinski definition) is 6. The van der Waals surface area contributed by atoms with Crippen LogP contribution in [-0.4, -0.2) is 30.1 Å². The maximum atomic E-state index is 15.4. The average Bonchev–Trinajstić information content (AvgIpc) is 2.90. The molecule has 0 saturated carbocycles. The van der Waals surface area contributed by atoms with E-state index in [-0.39, 0.29) is 27.7 Å². The minimum atomic E-state index is -3.98. The lowest BCUT2D eigenvalue weighted by molar-refractivity contribution is 0.412. The summed E-state index contributed by atoms with van der Waals surface area (Å²) in [6.45, 7) is 1.82. The number of halogens is 2. The molecule has 11 heteroatoms. The van der Waals surface area contributed by atoms with Crippen LogP contribution in [0, 0.1) is 12.7 Å². The second-order valence-corrected chi connectivity index (χ2v) is 10.5. The van der Waals surface area contributed by atoms with Gasteiger partial charge in [0.25, 0.3) is 15.6 Å². The van der Waals surface area contributed by atoms with Gasteiger partial charge in [0.2, 0.25) is 0 Å². The van der Waals surface area contributed by atoms with E-state index in [9.17, 15) is 13.2 Å². The molecule has 5 aromatic rings. The molecule has 38 heavy (non-hydrogen) atoms. The van der Waals surface area contributed by atoms with Crippen LogP contribution in [-0.2, 0) is 10.0 Å². The van der Waals surface area contributed by atoms with E-state index in [0.717, 1.165) is 5.56 Å². The third-order valence-corrected chi connectivity index (χ3v) is 7.75. The summed E-state index contributed by atoms with van der Waals surface area (Å²) >= 11 is 6.12. The molecule has 0 aliphatic rings. The van der Waals surface area contributed by atoms with E-state index in [1.165, 1.54) is 72.7 Å². The molecule has 0 radical (unpaired) electrons. The largest absolute Gasteiger partial charge is 0.495 e. The maximum absolute atomic E-state index is 15.4. The van der Waals surface area contributed by atoms with Gasteiger partial charge in [-0.25, -0.2) is 22.8 Å². The van der Waals surface area contributed by atoms with Crippen molar-refractivity contribution in [2.45, 2.75) is 11.8 Å². The number of fused-ring (bicyclic) bond motifs is 1. The van der Waals surface area contributed by atoms with Crippen molar-refractivity contribution in [3.05, 3.63) is 106 Å². The second kappa shape index (κ2) is 9.88.